The first-order valence-electron chi connectivity index (χ1n) is 5.29. The summed E-state index contributed by atoms with van der Waals surface area (Å²) in [6, 6.07) is 0. The molecule has 2 aliphatic rings. The van der Waals surface area contributed by atoms with Crippen molar-refractivity contribution in [1.29, 1.82) is 0 Å². The predicted molar refractivity (Wildman–Crippen MR) is 62.8 cm³/mol. The summed E-state index contributed by atoms with van der Waals surface area (Å²) in [5.74, 6) is 0. The fourth-order valence-corrected chi connectivity index (χ4v) is 2.91. The Morgan fingerprint density at radius 3 is 2.71 bits per heavy atom. The highest BCUT2D eigenvalue weighted by atomic mass is 32.2. The summed E-state index contributed by atoms with van der Waals surface area (Å²) in [4.78, 5) is 0. The van der Waals surface area contributed by atoms with Crippen LogP contribution in [0.15, 0.2) is 11.1 Å². The summed E-state index contributed by atoms with van der Waals surface area (Å²) < 4.78 is 0. The van der Waals surface area contributed by atoms with Gasteiger partial charge in [-0.2, -0.15) is 0 Å². The summed E-state index contributed by atoms with van der Waals surface area (Å²) in [5, 5.41) is 6.23. The van der Waals surface area contributed by atoms with Crippen molar-refractivity contribution in [3.8, 4) is 0 Å². The second kappa shape index (κ2) is 3.17. The van der Waals surface area contributed by atoms with Crippen molar-refractivity contribution < 1.29 is 0 Å². The van der Waals surface area contributed by atoms with E-state index in [4.69, 9.17) is 5.73 Å². The van der Waals surface area contributed by atoms with Gasteiger partial charge in [-0.1, -0.05) is 20.8 Å². The average molecular weight is 212 g/mol. The van der Waals surface area contributed by atoms with Crippen LogP contribution in [0, 0.1) is 5.41 Å². The molecule has 0 aromatic heterocycles. The van der Waals surface area contributed by atoms with Crippen molar-refractivity contribution in [1.82, 2.24) is 5.32 Å². The van der Waals surface area contributed by atoms with Crippen LogP contribution in [0.5, 0.6) is 0 Å². The normalized spacial score (nSPS) is 29.7. The predicted octanol–water partition coefficient (Wildman–Crippen LogP) is 2.42. The Labute approximate surface area is 90.7 Å². The van der Waals surface area contributed by atoms with Crippen LogP contribution in [-0.2, 0) is 0 Å². The van der Waals surface area contributed by atoms with Crippen LogP contribution in [0.1, 0.15) is 40.0 Å². The van der Waals surface area contributed by atoms with E-state index >= 15 is 0 Å². The molecule has 1 unspecified atom stereocenters. The minimum Gasteiger partial charge on any atom is -0.374 e. The summed E-state index contributed by atoms with van der Waals surface area (Å²) in [5.41, 5.74) is 7.97. The molecule has 0 radical (unpaired) electrons. The fourth-order valence-electron chi connectivity index (χ4n) is 1.74. The number of allylic oxidation sites excluding steroid dienone is 1. The highest BCUT2D eigenvalue weighted by molar-refractivity contribution is 8.03. The van der Waals surface area contributed by atoms with Crippen molar-refractivity contribution in [3.63, 3.8) is 0 Å². The summed E-state index contributed by atoms with van der Waals surface area (Å²) in [7, 11) is 0. The van der Waals surface area contributed by atoms with Crippen LogP contribution < -0.4 is 11.1 Å². The Morgan fingerprint density at radius 1 is 1.57 bits per heavy atom. The molecule has 2 nitrogen and oxygen atoms in total. The minimum absolute atomic E-state index is 0.0841. The summed E-state index contributed by atoms with van der Waals surface area (Å²) in [6.45, 7) is 6.80. The van der Waals surface area contributed by atoms with Gasteiger partial charge in [0.1, 0.15) is 0 Å². The van der Waals surface area contributed by atoms with E-state index in [1.165, 1.54) is 18.5 Å². The molecule has 1 atom stereocenters. The van der Waals surface area contributed by atoms with Gasteiger partial charge in [0.2, 0.25) is 0 Å². The number of rotatable bonds is 2. The molecule has 1 aliphatic carbocycles. The first-order valence-corrected chi connectivity index (χ1v) is 6.23. The third-order valence-corrected chi connectivity index (χ3v) is 4.01. The maximum Gasteiger partial charge on any atom is 0.0942 e. The lowest BCUT2D eigenvalue weighted by molar-refractivity contribution is 0.394. The van der Waals surface area contributed by atoms with Crippen molar-refractivity contribution in [3.05, 3.63) is 11.1 Å². The first kappa shape index (κ1) is 10.4. The van der Waals surface area contributed by atoms with Crippen LogP contribution in [0.25, 0.3) is 0 Å². The third-order valence-electron chi connectivity index (χ3n) is 2.73. The van der Waals surface area contributed by atoms with E-state index in [2.05, 4.69) is 31.5 Å². The van der Waals surface area contributed by atoms with E-state index in [1.54, 1.807) is 0 Å². The van der Waals surface area contributed by atoms with Crippen LogP contribution in [0.4, 0.5) is 0 Å². The molecular weight excluding hydrogens is 192 g/mol. The molecule has 2 rings (SSSR count). The van der Waals surface area contributed by atoms with Gasteiger partial charge in [-0.05, 0) is 30.1 Å². The second-order valence-electron chi connectivity index (χ2n) is 5.77. The van der Waals surface area contributed by atoms with E-state index < -0.39 is 0 Å². The number of nitrogens with two attached hydrogens (primary N) is 1. The highest BCUT2D eigenvalue weighted by Crippen LogP contribution is 2.44. The van der Waals surface area contributed by atoms with Gasteiger partial charge in [-0.15, -0.1) is 11.8 Å². The number of hydrogen-bond donors (Lipinski definition) is 2. The summed E-state index contributed by atoms with van der Waals surface area (Å²) in [6.07, 6.45) is 3.47. The Balaban J connectivity index is 1.87. The van der Waals surface area contributed by atoms with Crippen molar-refractivity contribution in [2.45, 2.75) is 50.9 Å². The minimum atomic E-state index is 0.0841. The monoisotopic (exact) mass is 212 g/mol. The zero-order chi connectivity index (χ0) is 10.4. The third kappa shape index (κ3) is 2.26. The molecule has 80 valence electrons. The Hall–Kier alpha value is -0.150. The van der Waals surface area contributed by atoms with E-state index in [1.807, 2.05) is 11.8 Å². The lowest BCUT2D eigenvalue weighted by Gasteiger charge is -2.23. The Kier molecular flexibility index (Phi) is 2.35. The van der Waals surface area contributed by atoms with Crippen LogP contribution in [0.3, 0.4) is 0 Å². The summed E-state index contributed by atoms with van der Waals surface area (Å²) >= 11 is 1.86. The molecule has 1 saturated carbocycles. The van der Waals surface area contributed by atoms with Gasteiger partial charge in [0.15, 0.2) is 0 Å². The molecule has 0 bridgehead atoms. The Morgan fingerprint density at radius 2 is 2.21 bits per heavy atom. The smallest absolute Gasteiger partial charge is 0.0942 e. The maximum atomic E-state index is 6.16. The molecule has 0 aromatic carbocycles. The van der Waals surface area contributed by atoms with Gasteiger partial charge >= 0.3 is 0 Å². The zero-order valence-corrected chi connectivity index (χ0v) is 10.1. The Bertz CT molecular complexity index is 261. The molecule has 0 aromatic rings. The lowest BCUT2D eigenvalue weighted by atomic mass is 9.91. The van der Waals surface area contributed by atoms with Gasteiger partial charge in [-0.3, -0.25) is 0 Å². The molecule has 1 heterocycles. The van der Waals surface area contributed by atoms with Gasteiger partial charge in [-0.25, -0.2) is 0 Å². The van der Waals surface area contributed by atoms with Gasteiger partial charge in [0.25, 0.3) is 0 Å². The molecule has 0 amide bonds. The molecule has 3 N–H and O–H groups in total. The average Bonchev–Trinajstić information content (AvgIpc) is 2.60. The molecular formula is C11H20N2S. The van der Waals surface area contributed by atoms with E-state index in [0.717, 1.165) is 6.42 Å². The highest BCUT2D eigenvalue weighted by Gasteiger charge is 2.47. The SMILES string of the molecule is CC(C)(C)CC1=CSC(C2(N)CC2)N1. The molecule has 1 fully saturated rings. The van der Waals surface area contributed by atoms with Crippen LogP contribution in [-0.4, -0.2) is 10.9 Å². The fraction of sp³-hybridized carbons (Fsp3) is 0.818. The molecule has 3 heteroatoms. The van der Waals surface area contributed by atoms with Crippen LogP contribution >= 0.6 is 11.8 Å². The van der Waals surface area contributed by atoms with E-state index in [0.29, 0.717) is 10.8 Å². The standard InChI is InChI=1S/C11H20N2S/c1-10(2,3)6-8-7-14-9(13-8)11(12)4-5-11/h7,9,13H,4-6,12H2,1-3H3. The number of hydrogen-bond acceptors (Lipinski definition) is 3. The quantitative estimate of drug-likeness (QED) is 0.738. The molecule has 14 heavy (non-hydrogen) atoms. The molecule has 1 aliphatic heterocycles. The topological polar surface area (TPSA) is 38.0 Å². The van der Waals surface area contributed by atoms with E-state index in [9.17, 15) is 0 Å². The largest absolute Gasteiger partial charge is 0.374 e. The van der Waals surface area contributed by atoms with Gasteiger partial charge in [0, 0.05) is 11.2 Å². The second-order valence-corrected chi connectivity index (χ2v) is 6.75. The number of nitrogens with one attached hydrogen (secondary N) is 1. The van der Waals surface area contributed by atoms with Crippen molar-refractivity contribution in [2.75, 3.05) is 0 Å². The van der Waals surface area contributed by atoms with E-state index in [-0.39, 0.29) is 5.54 Å². The van der Waals surface area contributed by atoms with Crippen LogP contribution in [0.2, 0.25) is 0 Å². The van der Waals surface area contributed by atoms with Crippen molar-refractivity contribution >= 4 is 11.8 Å². The molecule has 0 spiro atoms. The first-order chi connectivity index (χ1) is 6.39. The van der Waals surface area contributed by atoms with Crippen molar-refractivity contribution in [2.24, 2.45) is 11.1 Å². The van der Waals surface area contributed by atoms with Gasteiger partial charge < -0.3 is 11.1 Å². The lowest BCUT2D eigenvalue weighted by Crippen LogP contribution is -2.42. The molecule has 0 saturated heterocycles. The number of thioether (sulfide) groups is 1. The maximum absolute atomic E-state index is 6.16. The van der Waals surface area contributed by atoms with Gasteiger partial charge in [0.05, 0.1) is 5.37 Å². The zero-order valence-electron chi connectivity index (χ0n) is 9.26.